The number of ether oxygens (including phenoxy) is 2. The van der Waals surface area contributed by atoms with Crippen LogP contribution in [0, 0.1) is 0 Å². The van der Waals surface area contributed by atoms with Gasteiger partial charge in [-0.3, -0.25) is 4.79 Å². The van der Waals surface area contributed by atoms with E-state index in [-0.39, 0.29) is 35.3 Å². The van der Waals surface area contributed by atoms with Gasteiger partial charge >= 0.3 is 0 Å². The summed E-state index contributed by atoms with van der Waals surface area (Å²) in [6.45, 7) is 15.8. The first-order valence-electron chi connectivity index (χ1n) is 25.5. The molecule has 0 saturated heterocycles. The van der Waals surface area contributed by atoms with E-state index in [0.717, 1.165) is 68.7 Å². The van der Waals surface area contributed by atoms with Gasteiger partial charge in [-0.15, -0.1) is 0 Å². The number of rotatable bonds is 39. The number of hydrogen-bond donors (Lipinski definition) is 1. The molecule has 5 nitrogen and oxygen atoms in total. The van der Waals surface area contributed by atoms with Crippen molar-refractivity contribution in [3.8, 4) is 11.5 Å². The van der Waals surface area contributed by atoms with Crippen LogP contribution in [0.4, 0.5) is 0 Å². The highest BCUT2D eigenvalue weighted by molar-refractivity contribution is 5.81. The number of amides is 1. The van der Waals surface area contributed by atoms with Gasteiger partial charge in [0.05, 0.1) is 6.61 Å². The van der Waals surface area contributed by atoms with E-state index in [1.54, 1.807) is 0 Å². The fourth-order valence-electron chi connectivity index (χ4n) is 8.33. The number of aromatic nitrogens is 1. The third-order valence-electron chi connectivity index (χ3n) is 12.1. The van der Waals surface area contributed by atoms with Gasteiger partial charge in [-0.25, -0.2) is 4.57 Å². The zero-order valence-corrected chi connectivity index (χ0v) is 42.4. The van der Waals surface area contributed by atoms with Crippen LogP contribution in [0.3, 0.4) is 0 Å². The molecule has 0 aliphatic rings. The van der Waals surface area contributed by atoms with E-state index in [1.165, 1.54) is 166 Å². The van der Waals surface area contributed by atoms with Gasteiger partial charge in [0.1, 0.15) is 18.0 Å². The molecule has 0 saturated carbocycles. The van der Waals surface area contributed by atoms with Crippen LogP contribution in [0.1, 0.15) is 245 Å². The molecule has 1 unspecified atom stereocenters. The highest BCUT2D eigenvalue weighted by Crippen LogP contribution is 2.35. The average molecular weight is 947 g/mol. The summed E-state index contributed by atoms with van der Waals surface area (Å²) >= 11 is 0. The standard InChI is InChI=1S/C54H94N2O3.HI/c1-7-10-12-14-16-18-20-22-24-26-28-30-32-34-39-52(53(57)55-43-42-48-38-35-36-45-56(48)44-9-3)59-49-40-41-51(50(47-49)54(4,5)6)58-46-37-33-31-29-27-25-23-21-19-17-15-13-11-8-2;/h35-36,38,40-41,45,47,52H,7-34,37,39,42-44,46H2,1-6H3;1H. The second-order valence-corrected chi connectivity index (χ2v) is 18.8. The number of nitrogens with zero attached hydrogens (tertiary/aromatic N) is 1. The Labute approximate surface area is 389 Å². The highest BCUT2D eigenvalue weighted by atomic mass is 127. The molecule has 1 atom stereocenters. The number of pyridine rings is 1. The van der Waals surface area contributed by atoms with Crippen molar-refractivity contribution in [1.82, 2.24) is 5.32 Å². The quantitative estimate of drug-likeness (QED) is 0.0413. The molecular formula is C54H95IN2O3. The van der Waals surface area contributed by atoms with Crippen LogP contribution in [-0.4, -0.2) is 25.2 Å². The van der Waals surface area contributed by atoms with Crippen LogP contribution in [0.5, 0.6) is 11.5 Å². The molecular weight excluding hydrogens is 852 g/mol. The summed E-state index contributed by atoms with van der Waals surface area (Å²) < 4.78 is 15.3. The van der Waals surface area contributed by atoms with Gasteiger partial charge < -0.3 is 38.8 Å². The maximum atomic E-state index is 13.8. The number of benzene rings is 1. The molecule has 0 bridgehead atoms. The van der Waals surface area contributed by atoms with Crippen LogP contribution < -0.4 is 43.3 Å². The van der Waals surface area contributed by atoms with Gasteiger partial charge in [-0.2, -0.15) is 0 Å². The van der Waals surface area contributed by atoms with Crippen molar-refractivity contribution in [3.63, 3.8) is 0 Å². The van der Waals surface area contributed by atoms with Crippen LogP contribution in [-0.2, 0) is 23.2 Å². The van der Waals surface area contributed by atoms with E-state index < -0.39 is 6.10 Å². The van der Waals surface area contributed by atoms with Gasteiger partial charge in [0.2, 0.25) is 0 Å². The molecule has 1 N–H and O–H groups in total. The summed E-state index contributed by atoms with van der Waals surface area (Å²) in [7, 11) is 0. The first-order valence-corrected chi connectivity index (χ1v) is 25.5. The van der Waals surface area contributed by atoms with Crippen molar-refractivity contribution in [1.29, 1.82) is 0 Å². The minimum atomic E-state index is -0.513. The monoisotopic (exact) mass is 947 g/mol. The Hall–Kier alpha value is -1.83. The predicted molar refractivity (Wildman–Crippen MR) is 254 cm³/mol. The SMILES string of the molecule is CCCCCCCCCCCCCCCCOc1ccc(OC(CCCCCCCCCCCCCCCC)C(=O)NCCc2cccc[n+]2CCC)cc1C(C)(C)C.[I-]. The molecule has 1 aromatic heterocycles. The van der Waals surface area contributed by atoms with Gasteiger partial charge in [0, 0.05) is 37.1 Å². The Morgan fingerprint density at radius 2 is 1.10 bits per heavy atom. The Kier molecular flexibility index (Phi) is 35.3. The lowest BCUT2D eigenvalue weighted by atomic mass is 9.86. The van der Waals surface area contributed by atoms with Crippen molar-refractivity contribution in [2.75, 3.05) is 13.2 Å². The maximum Gasteiger partial charge on any atom is 0.261 e. The second-order valence-electron chi connectivity index (χ2n) is 18.8. The highest BCUT2D eigenvalue weighted by Gasteiger charge is 2.24. The zero-order chi connectivity index (χ0) is 42.7. The molecule has 0 aliphatic heterocycles. The van der Waals surface area contributed by atoms with Gasteiger partial charge in [-0.1, -0.05) is 215 Å². The fourth-order valence-corrected chi connectivity index (χ4v) is 8.33. The van der Waals surface area contributed by atoms with Crippen molar-refractivity contribution in [2.45, 2.75) is 259 Å². The molecule has 6 heteroatoms. The number of unbranched alkanes of at least 4 members (excludes halogenated alkanes) is 26. The van der Waals surface area contributed by atoms with Gasteiger partial charge in [0.25, 0.3) is 5.91 Å². The Bertz CT molecular complexity index is 1290. The number of carbonyl (C=O) groups excluding carboxylic acids is 1. The van der Waals surface area contributed by atoms with E-state index in [1.807, 2.05) is 6.07 Å². The molecule has 1 amide bonds. The minimum absolute atomic E-state index is 0. The van der Waals surface area contributed by atoms with E-state index in [2.05, 4.69) is 88.0 Å². The van der Waals surface area contributed by atoms with E-state index in [0.29, 0.717) is 6.54 Å². The van der Waals surface area contributed by atoms with Crippen LogP contribution >= 0.6 is 0 Å². The molecule has 2 aromatic rings. The molecule has 0 radical (unpaired) electrons. The Morgan fingerprint density at radius 1 is 0.617 bits per heavy atom. The molecule has 60 heavy (non-hydrogen) atoms. The third-order valence-corrected chi connectivity index (χ3v) is 12.1. The average Bonchev–Trinajstić information content (AvgIpc) is 3.22. The minimum Gasteiger partial charge on any atom is -1.00 e. The Morgan fingerprint density at radius 3 is 1.58 bits per heavy atom. The van der Waals surface area contributed by atoms with Crippen molar-refractivity contribution in [3.05, 3.63) is 53.9 Å². The predicted octanol–water partition coefficient (Wildman–Crippen LogP) is 12.5. The van der Waals surface area contributed by atoms with Gasteiger partial charge in [0.15, 0.2) is 18.0 Å². The summed E-state index contributed by atoms with van der Waals surface area (Å²) in [5.41, 5.74) is 2.28. The molecule has 0 aliphatic carbocycles. The summed E-state index contributed by atoms with van der Waals surface area (Å²) in [5.74, 6) is 1.69. The molecule has 1 aromatic carbocycles. The van der Waals surface area contributed by atoms with E-state index in [9.17, 15) is 4.79 Å². The Balaban J connectivity index is 0.0000180. The largest absolute Gasteiger partial charge is 1.00 e. The van der Waals surface area contributed by atoms with Crippen molar-refractivity contribution in [2.24, 2.45) is 0 Å². The number of aryl methyl sites for hydroxylation is 1. The number of carbonyl (C=O) groups is 1. The molecule has 0 spiro atoms. The van der Waals surface area contributed by atoms with Crippen molar-refractivity contribution < 1.29 is 42.8 Å². The summed E-state index contributed by atoms with van der Waals surface area (Å²) in [4.78, 5) is 13.8. The first kappa shape index (κ1) is 56.2. The topological polar surface area (TPSA) is 51.4 Å². The molecule has 346 valence electrons. The molecule has 2 rings (SSSR count). The molecule has 0 fully saturated rings. The third kappa shape index (κ3) is 28.0. The summed E-state index contributed by atoms with van der Waals surface area (Å²) in [5, 5.41) is 3.25. The summed E-state index contributed by atoms with van der Waals surface area (Å²) in [6.07, 6.45) is 41.7. The maximum absolute atomic E-state index is 13.8. The van der Waals surface area contributed by atoms with E-state index in [4.69, 9.17) is 9.47 Å². The lowest BCUT2D eigenvalue weighted by molar-refractivity contribution is -0.704. The molecule has 1 heterocycles. The lowest BCUT2D eigenvalue weighted by Gasteiger charge is -2.25. The number of nitrogens with one attached hydrogen (secondary N) is 1. The van der Waals surface area contributed by atoms with Crippen molar-refractivity contribution >= 4 is 5.91 Å². The smallest absolute Gasteiger partial charge is 0.261 e. The van der Waals surface area contributed by atoms with Crippen LogP contribution in [0.2, 0.25) is 0 Å². The number of halogens is 1. The fraction of sp³-hybridized carbons (Fsp3) is 0.778. The van der Waals surface area contributed by atoms with Crippen LogP contribution in [0.25, 0.3) is 0 Å². The lowest BCUT2D eigenvalue weighted by Crippen LogP contribution is -3.00. The summed E-state index contributed by atoms with van der Waals surface area (Å²) in [6, 6.07) is 12.6. The number of hydrogen-bond acceptors (Lipinski definition) is 3. The van der Waals surface area contributed by atoms with E-state index >= 15 is 0 Å². The first-order chi connectivity index (χ1) is 28.8. The zero-order valence-electron chi connectivity index (χ0n) is 40.2. The van der Waals surface area contributed by atoms with Crippen LogP contribution in [0.15, 0.2) is 42.6 Å². The van der Waals surface area contributed by atoms with Gasteiger partial charge in [-0.05, 0) is 42.9 Å². The second kappa shape index (κ2) is 37.7. The normalized spacial score (nSPS) is 12.0.